The summed E-state index contributed by atoms with van der Waals surface area (Å²) in [5, 5.41) is 0. The molecule has 62 valence electrons. The van der Waals surface area contributed by atoms with Crippen LogP contribution in [0.15, 0.2) is 0 Å². The SMILES string of the molecule is [Ca+2].[F-].[F-].[F-].[F-].[F-].[F-].[F-].[F-].[U+6]. The van der Waals surface area contributed by atoms with Gasteiger partial charge in [-0.3, -0.25) is 0 Å². The molecule has 0 N–H and O–H groups in total. The molecule has 0 saturated heterocycles. The van der Waals surface area contributed by atoms with Crippen LogP contribution in [0.2, 0.25) is 0 Å². The molecule has 0 atom stereocenters. The Morgan fingerprint density at radius 2 is 0.300 bits per heavy atom. The molecule has 0 saturated carbocycles. The predicted molar refractivity (Wildman–Crippen MR) is 5.75 cm³/mol. The molecule has 0 aliphatic carbocycles. The van der Waals surface area contributed by atoms with Crippen molar-refractivity contribution in [2.24, 2.45) is 0 Å². The number of hydrogen-bond donors (Lipinski definition) is 0. The van der Waals surface area contributed by atoms with Gasteiger partial charge in [0.25, 0.3) is 0 Å². The molecule has 0 heterocycles. The van der Waals surface area contributed by atoms with E-state index < -0.39 is 0 Å². The third-order valence-corrected chi connectivity index (χ3v) is 0. The van der Waals surface area contributed by atoms with Gasteiger partial charge in [0.1, 0.15) is 0 Å². The average Bonchev–Trinajstić information content (AvgIpc) is 0. The zero-order valence-corrected chi connectivity index (χ0v) is 10.6. The molecule has 0 spiro atoms. The monoisotopic (exact) mass is 430 g/mol. The van der Waals surface area contributed by atoms with Gasteiger partial charge in [-0.05, 0) is 0 Å². The van der Waals surface area contributed by atoms with Crippen LogP contribution >= 0.6 is 0 Å². The predicted octanol–water partition coefficient (Wildman–Crippen LogP) is -24.3. The van der Waals surface area contributed by atoms with Crippen LogP contribution in [0.25, 0.3) is 0 Å². The van der Waals surface area contributed by atoms with Crippen LogP contribution in [0.4, 0.5) is 0 Å². The van der Waals surface area contributed by atoms with Crippen LogP contribution in [-0.2, 0) is 0 Å². The van der Waals surface area contributed by atoms with E-state index in [0.717, 1.165) is 0 Å². The quantitative estimate of drug-likeness (QED) is 0.265. The molecule has 10 heavy (non-hydrogen) atoms. The van der Waals surface area contributed by atoms with Crippen molar-refractivity contribution in [3.63, 3.8) is 0 Å². The number of hydrogen-bond acceptors (Lipinski definition) is 0. The molecule has 0 aromatic heterocycles. The molecule has 0 amide bonds. The molecular weight excluding hydrogens is 430 g/mol. The molecule has 0 aromatic rings. The zero-order chi connectivity index (χ0) is 0. The summed E-state index contributed by atoms with van der Waals surface area (Å²) in [6.07, 6.45) is 0. The molecule has 0 aliphatic heterocycles. The second-order valence-corrected chi connectivity index (χ2v) is 0. The normalized spacial score (nSPS) is 0. The van der Waals surface area contributed by atoms with Crippen molar-refractivity contribution < 1.29 is 68.7 Å². The second kappa shape index (κ2) is 333. The van der Waals surface area contributed by atoms with Gasteiger partial charge < -0.3 is 37.6 Å². The molecule has 10 heteroatoms. The summed E-state index contributed by atoms with van der Waals surface area (Å²) in [6.45, 7) is 0. The smallest absolute Gasteiger partial charge is 1.00 e. The summed E-state index contributed by atoms with van der Waals surface area (Å²) in [7, 11) is 0. The maximum absolute atomic E-state index is 0. The fourth-order valence-corrected chi connectivity index (χ4v) is 0. The van der Waals surface area contributed by atoms with Gasteiger partial charge in [-0.1, -0.05) is 0 Å². The summed E-state index contributed by atoms with van der Waals surface area (Å²) in [4.78, 5) is 0. The van der Waals surface area contributed by atoms with Crippen molar-refractivity contribution in [2.45, 2.75) is 0 Å². The topological polar surface area (TPSA) is 0 Å². The van der Waals surface area contributed by atoms with Crippen LogP contribution in [0, 0.1) is 31.1 Å². The van der Waals surface area contributed by atoms with Crippen LogP contribution in [-0.4, -0.2) is 37.7 Å². The maximum atomic E-state index is 0. The number of halogens is 8. The van der Waals surface area contributed by atoms with Crippen molar-refractivity contribution in [1.29, 1.82) is 0 Å². The Bertz CT molecular complexity index is 9.22. The maximum Gasteiger partial charge on any atom is 6.00 e. The van der Waals surface area contributed by atoms with E-state index in [1.165, 1.54) is 0 Å². The third-order valence-electron chi connectivity index (χ3n) is 0. The first-order valence-electron chi connectivity index (χ1n) is 0. The Kier molecular flexibility index (Phi) is 14800. The van der Waals surface area contributed by atoms with Gasteiger partial charge in [0, 0.05) is 0 Å². The van der Waals surface area contributed by atoms with Gasteiger partial charge in [-0.25, -0.2) is 0 Å². The number of rotatable bonds is 0. The fourth-order valence-electron chi connectivity index (χ4n) is 0. The molecular formula is CaF8U. The minimum absolute atomic E-state index is 0. The molecule has 0 rings (SSSR count). The van der Waals surface area contributed by atoms with Gasteiger partial charge in [0.15, 0.2) is 0 Å². The Labute approximate surface area is 105 Å². The summed E-state index contributed by atoms with van der Waals surface area (Å²) < 4.78 is 0. The first-order chi connectivity index (χ1) is 0. The van der Waals surface area contributed by atoms with Gasteiger partial charge in [0.2, 0.25) is 0 Å². The van der Waals surface area contributed by atoms with E-state index in [2.05, 4.69) is 0 Å². The van der Waals surface area contributed by atoms with Crippen molar-refractivity contribution in [2.75, 3.05) is 0 Å². The van der Waals surface area contributed by atoms with E-state index >= 15 is 0 Å². The van der Waals surface area contributed by atoms with Crippen molar-refractivity contribution >= 4 is 37.7 Å². The van der Waals surface area contributed by atoms with Gasteiger partial charge in [-0.15, -0.1) is 0 Å². The Hall–Kier alpha value is 1.75. The van der Waals surface area contributed by atoms with Crippen molar-refractivity contribution in [3.05, 3.63) is 0 Å². The van der Waals surface area contributed by atoms with Crippen LogP contribution in [0.5, 0.6) is 0 Å². The first kappa shape index (κ1) is 443. The third kappa shape index (κ3) is 243. The summed E-state index contributed by atoms with van der Waals surface area (Å²) >= 11 is 0. The molecule has 0 fully saturated rings. The molecule has 0 unspecified atom stereocenters. The van der Waals surface area contributed by atoms with Crippen LogP contribution in [0.3, 0.4) is 0 Å². The molecule has 0 nitrogen and oxygen atoms in total. The molecule has 0 aliphatic rings. The Balaban J connectivity index is 0. The van der Waals surface area contributed by atoms with Crippen LogP contribution in [0.1, 0.15) is 0 Å². The van der Waals surface area contributed by atoms with E-state index in [9.17, 15) is 0 Å². The van der Waals surface area contributed by atoms with E-state index in [0.29, 0.717) is 0 Å². The van der Waals surface area contributed by atoms with E-state index in [1.807, 2.05) is 0 Å². The van der Waals surface area contributed by atoms with Crippen LogP contribution < -0.4 is 37.6 Å². The minimum Gasteiger partial charge on any atom is -1.00 e. The molecule has 0 aromatic carbocycles. The zero-order valence-electron chi connectivity index (χ0n) is 4.23. The standard InChI is InChI=1S/Ca.8FH.U/h;8*1H;/q+2;;;;;;;;;+6/p-8. The van der Waals surface area contributed by atoms with E-state index in [1.54, 1.807) is 0 Å². The summed E-state index contributed by atoms with van der Waals surface area (Å²) in [6, 6.07) is 0. The summed E-state index contributed by atoms with van der Waals surface area (Å²) in [5.41, 5.74) is 0. The first-order valence-corrected chi connectivity index (χ1v) is 0. The van der Waals surface area contributed by atoms with Gasteiger partial charge in [0.05, 0.1) is 0 Å². The van der Waals surface area contributed by atoms with E-state index in [4.69, 9.17) is 0 Å². The van der Waals surface area contributed by atoms with Crippen molar-refractivity contribution in [3.8, 4) is 0 Å². The van der Waals surface area contributed by atoms with Gasteiger partial charge in [-0.2, -0.15) is 0 Å². The average molecular weight is 430 g/mol. The largest absolute Gasteiger partial charge is 6.00 e. The Morgan fingerprint density at radius 3 is 0.300 bits per heavy atom. The summed E-state index contributed by atoms with van der Waals surface area (Å²) in [5.74, 6) is 0. The fraction of sp³-hybridized carbons (Fsp3) is 0. The molecule has 0 radical (unpaired) electrons. The molecule has 0 bridgehead atoms. The minimum atomic E-state index is 0. The van der Waals surface area contributed by atoms with Crippen molar-refractivity contribution in [1.82, 2.24) is 0 Å². The van der Waals surface area contributed by atoms with E-state index in [-0.39, 0.29) is 106 Å². The second-order valence-electron chi connectivity index (χ2n) is 0. The van der Waals surface area contributed by atoms with Gasteiger partial charge >= 0.3 is 68.9 Å². The Morgan fingerprint density at radius 1 is 0.300 bits per heavy atom.